The second-order valence-corrected chi connectivity index (χ2v) is 5.81. The van der Waals surface area contributed by atoms with Gasteiger partial charge >= 0.3 is 0 Å². The summed E-state index contributed by atoms with van der Waals surface area (Å²) in [6.45, 7) is 3.12. The highest BCUT2D eigenvalue weighted by Crippen LogP contribution is 2.16. The van der Waals surface area contributed by atoms with Crippen molar-refractivity contribution in [2.45, 2.75) is 6.10 Å². The Bertz CT molecular complexity index is 686. The van der Waals surface area contributed by atoms with E-state index in [-0.39, 0.29) is 17.4 Å². The number of carbonyl (C=O) groups excluding carboxylic acids is 1. The number of rotatable bonds is 4. The highest BCUT2D eigenvalue weighted by Gasteiger charge is 2.25. The van der Waals surface area contributed by atoms with Gasteiger partial charge in [-0.25, -0.2) is 9.97 Å². The molecule has 1 aliphatic heterocycles. The van der Waals surface area contributed by atoms with Gasteiger partial charge in [0.25, 0.3) is 5.91 Å². The van der Waals surface area contributed by atoms with Crippen molar-refractivity contribution >= 4 is 11.7 Å². The molecule has 0 unspecified atom stereocenters. The first kappa shape index (κ1) is 16.4. The Kier molecular flexibility index (Phi) is 5.02. The van der Waals surface area contributed by atoms with Crippen molar-refractivity contribution in [2.75, 3.05) is 38.5 Å². The summed E-state index contributed by atoms with van der Waals surface area (Å²) < 4.78 is 0. The second kappa shape index (κ2) is 7.37. The molecule has 1 saturated heterocycles. The van der Waals surface area contributed by atoms with Crippen molar-refractivity contribution in [3.63, 3.8) is 0 Å². The lowest BCUT2D eigenvalue weighted by Gasteiger charge is -2.35. The molecule has 24 heavy (non-hydrogen) atoms. The SMILES string of the molecule is Nc1nccnc1C(=O)N1CCN(C[C@H](O)c2ccccc2)CC1. The van der Waals surface area contributed by atoms with Gasteiger partial charge in [0.15, 0.2) is 11.5 Å². The molecule has 0 spiro atoms. The van der Waals surface area contributed by atoms with Crippen molar-refractivity contribution in [3.8, 4) is 0 Å². The van der Waals surface area contributed by atoms with E-state index in [1.54, 1.807) is 4.90 Å². The van der Waals surface area contributed by atoms with Gasteiger partial charge in [0.1, 0.15) is 0 Å². The van der Waals surface area contributed by atoms with E-state index in [0.717, 1.165) is 5.56 Å². The van der Waals surface area contributed by atoms with Crippen LogP contribution in [0.15, 0.2) is 42.7 Å². The Hall–Kier alpha value is -2.51. The predicted octanol–water partition coefficient (Wildman–Crippen LogP) is 0.550. The first-order valence-electron chi connectivity index (χ1n) is 7.96. The van der Waals surface area contributed by atoms with Gasteiger partial charge in [-0.05, 0) is 5.56 Å². The fraction of sp³-hybridized carbons (Fsp3) is 0.353. The number of carbonyl (C=O) groups is 1. The normalized spacial score (nSPS) is 16.8. The summed E-state index contributed by atoms with van der Waals surface area (Å²) in [4.78, 5) is 24.3. The number of aromatic nitrogens is 2. The first-order valence-corrected chi connectivity index (χ1v) is 7.96. The molecule has 1 aromatic carbocycles. The first-order chi connectivity index (χ1) is 11.6. The van der Waals surface area contributed by atoms with E-state index < -0.39 is 6.10 Å². The summed E-state index contributed by atoms with van der Waals surface area (Å²) in [5, 5.41) is 10.3. The molecule has 7 nitrogen and oxygen atoms in total. The Morgan fingerprint density at radius 2 is 1.79 bits per heavy atom. The number of hydrogen-bond donors (Lipinski definition) is 2. The molecule has 2 aromatic rings. The number of aliphatic hydroxyl groups excluding tert-OH is 1. The summed E-state index contributed by atoms with van der Waals surface area (Å²) in [6, 6.07) is 9.60. The van der Waals surface area contributed by atoms with Gasteiger partial charge in [-0.2, -0.15) is 0 Å². The number of nitrogen functional groups attached to an aromatic ring is 1. The maximum absolute atomic E-state index is 12.4. The van der Waals surface area contributed by atoms with Crippen LogP contribution in [-0.2, 0) is 0 Å². The molecule has 1 amide bonds. The zero-order valence-corrected chi connectivity index (χ0v) is 13.4. The van der Waals surface area contributed by atoms with Gasteiger partial charge in [-0.1, -0.05) is 30.3 Å². The van der Waals surface area contributed by atoms with Crippen molar-refractivity contribution < 1.29 is 9.90 Å². The van der Waals surface area contributed by atoms with E-state index >= 15 is 0 Å². The second-order valence-electron chi connectivity index (χ2n) is 5.81. The third-order valence-corrected chi connectivity index (χ3v) is 4.20. The summed E-state index contributed by atoms with van der Waals surface area (Å²) in [5.74, 6) is -0.0340. The number of aliphatic hydroxyl groups is 1. The van der Waals surface area contributed by atoms with Gasteiger partial charge in [0.2, 0.25) is 0 Å². The summed E-state index contributed by atoms with van der Waals surface area (Å²) in [5.41, 5.74) is 6.83. The third-order valence-electron chi connectivity index (χ3n) is 4.20. The number of β-amino-alcohol motifs (C(OH)–C–C–N with tert-alkyl or cyclic N) is 1. The minimum Gasteiger partial charge on any atom is -0.387 e. The van der Waals surface area contributed by atoms with Gasteiger partial charge < -0.3 is 15.7 Å². The average Bonchev–Trinajstić information content (AvgIpc) is 2.63. The number of amides is 1. The van der Waals surface area contributed by atoms with Gasteiger partial charge in [0.05, 0.1) is 6.10 Å². The molecule has 1 aromatic heterocycles. The molecular formula is C17H21N5O2. The van der Waals surface area contributed by atoms with Gasteiger partial charge in [-0.3, -0.25) is 9.69 Å². The quantitative estimate of drug-likeness (QED) is 0.851. The molecule has 0 saturated carbocycles. The van der Waals surface area contributed by atoms with Crippen LogP contribution in [0.5, 0.6) is 0 Å². The van der Waals surface area contributed by atoms with Crippen LogP contribution < -0.4 is 5.73 Å². The summed E-state index contributed by atoms with van der Waals surface area (Å²) >= 11 is 0. The van der Waals surface area contributed by atoms with Crippen LogP contribution in [0.3, 0.4) is 0 Å². The molecule has 3 rings (SSSR count). The number of nitrogens with zero attached hydrogens (tertiary/aromatic N) is 4. The number of benzene rings is 1. The highest BCUT2D eigenvalue weighted by molar-refractivity contribution is 5.96. The smallest absolute Gasteiger partial charge is 0.276 e. The topological polar surface area (TPSA) is 95.6 Å². The molecule has 2 heterocycles. The maximum atomic E-state index is 12.4. The predicted molar refractivity (Wildman–Crippen MR) is 90.2 cm³/mol. The molecule has 1 aliphatic rings. The zero-order valence-electron chi connectivity index (χ0n) is 13.4. The van der Waals surface area contributed by atoms with Crippen LogP contribution in [0.2, 0.25) is 0 Å². The minimum absolute atomic E-state index is 0.157. The standard InChI is InChI=1S/C17H21N5O2/c18-16-15(19-6-7-20-16)17(24)22-10-8-21(9-11-22)12-14(23)13-4-2-1-3-5-13/h1-7,14,23H,8-12H2,(H2,18,20)/t14-/m0/s1. The lowest BCUT2D eigenvalue weighted by atomic mass is 10.1. The molecule has 0 aliphatic carbocycles. The molecule has 7 heteroatoms. The Balaban J connectivity index is 1.54. The third kappa shape index (κ3) is 3.69. The van der Waals surface area contributed by atoms with E-state index in [1.807, 2.05) is 30.3 Å². The Morgan fingerprint density at radius 3 is 2.46 bits per heavy atom. The maximum Gasteiger partial charge on any atom is 0.276 e. The van der Waals surface area contributed by atoms with Crippen molar-refractivity contribution in [2.24, 2.45) is 0 Å². The lowest BCUT2D eigenvalue weighted by Crippen LogP contribution is -2.49. The minimum atomic E-state index is -0.524. The van der Waals surface area contributed by atoms with E-state index in [1.165, 1.54) is 12.4 Å². The fourth-order valence-electron chi connectivity index (χ4n) is 2.82. The summed E-state index contributed by atoms with van der Waals surface area (Å²) in [6.07, 6.45) is 2.41. The highest BCUT2D eigenvalue weighted by atomic mass is 16.3. The van der Waals surface area contributed by atoms with E-state index in [9.17, 15) is 9.90 Å². The van der Waals surface area contributed by atoms with Crippen LogP contribution >= 0.6 is 0 Å². The summed E-state index contributed by atoms with van der Waals surface area (Å²) in [7, 11) is 0. The molecule has 3 N–H and O–H groups in total. The molecule has 1 atom stereocenters. The van der Waals surface area contributed by atoms with Crippen molar-refractivity contribution in [1.29, 1.82) is 0 Å². The van der Waals surface area contributed by atoms with Crippen LogP contribution in [0, 0.1) is 0 Å². The van der Waals surface area contributed by atoms with Crippen LogP contribution in [0.4, 0.5) is 5.82 Å². The van der Waals surface area contributed by atoms with Crippen molar-refractivity contribution in [3.05, 3.63) is 54.0 Å². The Morgan fingerprint density at radius 1 is 1.12 bits per heavy atom. The van der Waals surface area contributed by atoms with Crippen molar-refractivity contribution in [1.82, 2.24) is 19.8 Å². The number of piperazine rings is 1. The number of hydrogen-bond acceptors (Lipinski definition) is 6. The largest absolute Gasteiger partial charge is 0.387 e. The molecule has 0 bridgehead atoms. The van der Waals surface area contributed by atoms with E-state index in [0.29, 0.717) is 32.7 Å². The Labute approximate surface area is 140 Å². The fourth-order valence-corrected chi connectivity index (χ4v) is 2.82. The lowest BCUT2D eigenvalue weighted by molar-refractivity contribution is 0.0523. The average molecular weight is 327 g/mol. The van der Waals surface area contributed by atoms with Crippen LogP contribution in [-0.4, -0.2) is 63.5 Å². The number of nitrogens with two attached hydrogens (primary N) is 1. The number of anilines is 1. The van der Waals surface area contributed by atoms with Gasteiger partial charge in [-0.15, -0.1) is 0 Å². The molecule has 126 valence electrons. The van der Waals surface area contributed by atoms with Gasteiger partial charge in [0, 0.05) is 45.1 Å². The molecule has 1 fully saturated rings. The zero-order chi connectivity index (χ0) is 16.9. The van der Waals surface area contributed by atoms with E-state index in [4.69, 9.17) is 5.73 Å². The van der Waals surface area contributed by atoms with E-state index in [2.05, 4.69) is 14.9 Å². The molecule has 0 radical (unpaired) electrons. The molecular weight excluding hydrogens is 306 g/mol. The van der Waals surface area contributed by atoms with Crippen LogP contribution in [0.25, 0.3) is 0 Å². The van der Waals surface area contributed by atoms with Crippen LogP contribution in [0.1, 0.15) is 22.2 Å². The monoisotopic (exact) mass is 327 g/mol.